The zero-order valence-corrected chi connectivity index (χ0v) is 22.4. The third-order valence-corrected chi connectivity index (χ3v) is 9.51. The number of halogens is 2. The number of hydrogen-bond acceptors (Lipinski definition) is 6. The summed E-state index contributed by atoms with van der Waals surface area (Å²) in [7, 11) is 0. The van der Waals surface area contributed by atoms with Crippen molar-refractivity contribution in [1.82, 2.24) is 29.5 Å². The van der Waals surface area contributed by atoms with Gasteiger partial charge in [0.2, 0.25) is 5.91 Å². The van der Waals surface area contributed by atoms with Crippen molar-refractivity contribution in [3.63, 3.8) is 0 Å². The molecular weight excluding hydrogens is 518 g/mol. The average Bonchev–Trinajstić information content (AvgIpc) is 3.69. The van der Waals surface area contributed by atoms with Crippen LogP contribution in [0, 0.1) is 5.92 Å². The summed E-state index contributed by atoms with van der Waals surface area (Å²) in [6, 6.07) is 5.28. The number of aliphatic hydroxyl groups is 1. The van der Waals surface area contributed by atoms with Gasteiger partial charge in [-0.2, -0.15) is 13.9 Å². The van der Waals surface area contributed by atoms with Gasteiger partial charge in [-0.3, -0.25) is 19.5 Å². The van der Waals surface area contributed by atoms with E-state index in [1.165, 1.54) is 22.7 Å². The molecule has 0 unspecified atom stereocenters. The molecule has 2 aromatic heterocycles. The van der Waals surface area contributed by atoms with E-state index in [0.717, 1.165) is 44.2 Å². The number of benzene rings is 1. The summed E-state index contributed by atoms with van der Waals surface area (Å²) in [5.41, 5.74) is 0.678. The van der Waals surface area contributed by atoms with Crippen LogP contribution in [0.3, 0.4) is 0 Å². The first-order valence-electron chi connectivity index (χ1n) is 14.3. The minimum atomic E-state index is -2.72. The van der Waals surface area contributed by atoms with Crippen LogP contribution in [0.25, 0.3) is 16.7 Å². The lowest BCUT2D eigenvalue weighted by Crippen LogP contribution is -2.68. The fraction of sp³-hybridized carbons (Fsp3) is 0.586. The largest absolute Gasteiger partial charge is 0.388 e. The summed E-state index contributed by atoms with van der Waals surface area (Å²) in [6.07, 6.45) is 8.93. The first-order valence-corrected chi connectivity index (χ1v) is 14.3. The minimum Gasteiger partial charge on any atom is -0.388 e. The molecule has 3 aromatic rings. The maximum absolute atomic E-state index is 13.3. The lowest BCUT2D eigenvalue weighted by molar-refractivity contribution is -0.172. The maximum atomic E-state index is 13.3. The summed E-state index contributed by atoms with van der Waals surface area (Å²) >= 11 is 0. The van der Waals surface area contributed by atoms with Crippen LogP contribution in [0.1, 0.15) is 69.3 Å². The van der Waals surface area contributed by atoms with E-state index in [0.29, 0.717) is 42.9 Å². The standard InChI is InChI=1S/C29H34F2N6O3/c30-29(31)16-27(34-29)9-7-20(8-10-27)19-3-5-22(6-4-19)37-24-23(15-33-37)26(39)36(18-32-24)17-28(40)11-13-35(14-12-28)25(38)21-1-2-21/h3-6,15,18,20-21,34,40H,1-2,7-14,16-17H2. The van der Waals surface area contributed by atoms with Gasteiger partial charge in [-0.05, 0) is 75.0 Å². The zero-order chi connectivity index (χ0) is 27.7. The van der Waals surface area contributed by atoms with Crippen molar-refractivity contribution in [2.45, 2.75) is 87.4 Å². The number of carbonyl (C=O) groups excluding carboxylic acids is 1. The maximum Gasteiger partial charge on any atom is 0.304 e. The van der Waals surface area contributed by atoms with Gasteiger partial charge in [0.1, 0.15) is 11.7 Å². The second-order valence-electron chi connectivity index (χ2n) is 12.4. The predicted molar refractivity (Wildman–Crippen MR) is 143 cm³/mol. The van der Waals surface area contributed by atoms with Crippen molar-refractivity contribution in [2.75, 3.05) is 13.1 Å². The molecule has 2 saturated carbocycles. The average molecular weight is 553 g/mol. The van der Waals surface area contributed by atoms with E-state index >= 15 is 0 Å². The van der Waals surface area contributed by atoms with Crippen LogP contribution < -0.4 is 10.9 Å². The molecule has 0 bridgehead atoms. The Hall–Kier alpha value is -3.18. The third kappa shape index (κ3) is 4.62. The normalized spacial score (nSPS) is 27.6. The van der Waals surface area contributed by atoms with Gasteiger partial charge in [0.25, 0.3) is 5.56 Å². The Kier molecular flexibility index (Phi) is 5.91. The number of nitrogens with one attached hydrogen (secondary N) is 1. The molecule has 11 heteroatoms. The Morgan fingerprint density at radius 3 is 2.35 bits per heavy atom. The summed E-state index contributed by atoms with van der Waals surface area (Å²) in [5.74, 6) is 0.684. The minimum absolute atomic E-state index is 0.0635. The number of alkyl halides is 2. The Morgan fingerprint density at radius 1 is 1.05 bits per heavy atom. The van der Waals surface area contributed by atoms with E-state index < -0.39 is 17.2 Å². The van der Waals surface area contributed by atoms with Crippen LogP contribution >= 0.6 is 0 Å². The van der Waals surface area contributed by atoms with Gasteiger partial charge in [0.05, 0.1) is 24.0 Å². The van der Waals surface area contributed by atoms with E-state index in [1.54, 1.807) is 4.68 Å². The number of aromatic nitrogens is 4. The van der Waals surface area contributed by atoms with E-state index in [4.69, 9.17) is 0 Å². The molecule has 1 aromatic carbocycles. The molecule has 0 radical (unpaired) electrons. The van der Waals surface area contributed by atoms with E-state index in [9.17, 15) is 23.5 Å². The SMILES string of the molecule is O=C(C1CC1)N1CCC(O)(Cn2cnc3c(cnn3-c3ccc(C4CCC5(CC4)CC(F)(F)N5)cc3)c2=O)CC1. The Morgan fingerprint density at radius 2 is 1.73 bits per heavy atom. The highest BCUT2D eigenvalue weighted by atomic mass is 19.3. The smallest absolute Gasteiger partial charge is 0.304 e. The number of rotatable bonds is 5. The second kappa shape index (κ2) is 9.17. The molecule has 1 amide bonds. The highest BCUT2D eigenvalue weighted by Gasteiger charge is 2.56. The molecule has 2 aliphatic heterocycles. The molecule has 1 spiro atoms. The molecule has 4 fully saturated rings. The van der Waals surface area contributed by atoms with Gasteiger partial charge in [-0.15, -0.1) is 0 Å². The van der Waals surface area contributed by atoms with Gasteiger partial charge in [0, 0.05) is 31.0 Å². The van der Waals surface area contributed by atoms with Crippen molar-refractivity contribution in [1.29, 1.82) is 0 Å². The van der Waals surface area contributed by atoms with E-state index in [1.807, 2.05) is 29.2 Å². The number of likely N-dealkylation sites (tertiary alicyclic amines) is 1. The molecule has 40 heavy (non-hydrogen) atoms. The molecule has 212 valence electrons. The first-order chi connectivity index (χ1) is 19.1. The lowest BCUT2D eigenvalue weighted by Gasteiger charge is -2.52. The molecule has 2 saturated heterocycles. The summed E-state index contributed by atoms with van der Waals surface area (Å²) < 4.78 is 29.8. The molecular formula is C29H34F2N6O3. The fourth-order valence-electron chi connectivity index (χ4n) is 6.95. The van der Waals surface area contributed by atoms with Crippen LogP contribution in [-0.2, 0) is 11.3 Å². The van der Waals surface area contributed by atoms with Crippen LogP contribution in [-0.4, -0.2) is 65.5 Å². The first kappa shape index (κ1) is 25.8. The van der Waals surface area contributed by atoms with Crippen LogP contribution in [0.15, 0.2) is 41.6 Å². The monoisotopic (exact) mass is 552 g/mol. The number of amides is 1. The molecule has 4 heterocycles. The highest BCUT2D eigenvalue weighted by Crippen LogP contribution is 2.48. The van der Waals surface area contributed by atoms with Crippen LogP contribution in [0.4, 0.5) is 8.78 Å². The lowest BCUT2D eigenvalue weighted by atomic mass is 9.69. The Bertz CT molecular complexity index is 1490. The molecule has 2 aliphatic carbocycles. The predicted octanol–water partition coefficient (Wildman–Crippen LogP) is 3.33. The number of carbonyl (C=O) groups is 1. The topological polar surface area (TPSA) is 105 Å². The summed E-state index contributed by atoms with van der Waals surface area (Å²) in [5, 5.41) is 18.5. The molecule has 7 rings (SSSR count). The van der Waals surface area contributed by atoms with Crippen molar-refractivity contribution in [2.24, 2.45) is 5.92 Å². The van der Waals surface area contributed by atoms with E-state index in [-0.39, 0.29) is 30.3 Å². The van der Waals surface area contributed by atoms with Crippen molar-refractivity contribution in [3.8, 4) is 5.69 Å². The third-order valence-electron chi connectivity index (χ3n) is 9.51. The molecule has 0 atom stereocenters. The number of piperidine rings is 1. The fourth-order valence-corrected chi connectivity index (χ4v) is 6.95. The second-order valence-corrected chi connectivity index (χ2v) is 12.4. The van der Waals surface area contributed by atoms with Crippen molar-refractivity contribution < 1.29 is 18.7 Å². The van der Waals surface area contributed by atoms with Gasteiger partial charge < -0.3 is 10.0 Å². The van der Waals surface area contributed by atoms with Gasteiger partial charge in [-0.25, -0.2) is 9.67 Å². The summed E-state index contributed by atoms with van der Waals surface area (Å²) in [4.78, 5) is 32.0. The highest BCUT2D eigenvalue weighted by molar-refractivity contribution is 5.81. The molecule has 9 nitrogen and oxygen atoms in total. The number of nitrogens with zero attached hydrogens (tertiary/aromatic N) is 5. The van der Waals surface area contributed by atoms with Gasteiger partial charge in [-0.1, -0.05) is 12.1 Å². The van der Waals surface area contributed by atoms with Crippen LogP contribution in [0.5, 0.6) is 0 Å². The quantitative estimate of drug-likeness (QED) is 0.471. The Labute approximate surface area is 230 Å². The number of fused-ring (bicyclic) bond motifs is 1. The molecule has 2 N–H and O–H groups in total. The van der Waals surface area contributed by atoms with Gasteiger partial charge >= 0.3 is 6.05 Å². The van der Waals surface area contributed by atoms with Gasteiger partial charge in [0.15, 0.2) is 5.65 Å². The van der Waals surface area contributed by atoms with E-state index in [2.05, 4.69) is 15.4 Å². The van der Waals surface area contributed by atoms with Crippen LogP contribution in [0.2, 0.25) is 0 Å². The molecule has 4 aliphatic rings. The zero-order valence-electron chi connectivity index (χ0n) is 22.4. The number of hydrogen-bond donors (Lipinski definition) is 2. The summed E-state index contributed by atoms with van der Waals surface area (Å²) in [6.45, 7) is 1.12. The van der Waals surface area contributed by atoms with Crippen molar-refractivity contribution in [3.05, 3.63) is 52.7 Å². The van der Waals surface area contributed by atoms with Crippen molar-refractivity contribution >= 4 is 16.9 Å². The Balaban J connectivity index is 1.03.